The first-order valence-corrected chi connectivity index (χ1v) is 4.88. The van der Waals surface area contributed by atoms with Crippen molar-refractivity contribution in [2.45, 2.75) is 6.18 Å². The Morgan fingerprint density at radius 3 is 2.59 bits per heavy atom. The lowest BCUT2D eigenvalue weighted by Gasteiger charge is -2.10. The van der Waals surface area contributed by atoms with Gasteiger partial charge < -0.3 is 10.1 Å². The Balaban J connectivity index is 2.87. The second-order valence-electron chi connectivity index (χ2n) is 3.17. The number of carbonyl (C=O) groups excluding carboxylic acids is 1. The van der Waals surface area contributed by atoms with Crippen molar-refractivity contribution in [1.82, 2.24) is 0 Å². The number of hydrogen-bond acceptors (Lipinski definition) is 2. The van der Waals surface area contributed by atoms with E-state index in [9.17, 15) is 18.0 Å². The van der Waals surface area contributed by atoms with E-state index in [1.807, 2.05) is 0 Å². The number of rotatable bonds is 3. The lowest BCUT2D eigenvalue weighted by Crippen LogP contribution is -2.17. The number of benzene rings is 1. The van der Waals surface area contributed by atoms with Crippen LogP contribution >= 0.6 is 11.6 Å². The summed E-state index contributed by atoms with van der Waals surface area (Å²) in [5, 5.41) is 2.15. The van der Waals surface area contributed by atoms with E-state index in [2.05, 4.69) is 10.1 Å². The SMILES string of the molecule is COCC(=O)Nc1ccc(C(F)(F)F)cc1Cl. The van der Waals surface area contributed by atoms with Gasteiger partial charge in [-0.2, -0.15) is 13.2 Å². The molecule has 1 aromatic rings. The van der Waals surface area contributed by atoms with E-state index in [0.29, 0.717) is 0 Å². The Hall–Kier alpha value is -1.27. The standard InChI is InChI=1S/C10H9ClF3NO2/c1-17-5-9(16)15-8-3-2-6(4-7(8)11)10(12,13)14/h2-4H,5H2,1H3,(H,15,16). The molecule has 1 aromatic carbocycles. The van der Waals surface area contributed by atoms with Crippen molar-refractivity contribution in [2.24, 2.45) is 0 Å². The predicted molar refractivity (Wildman–Crippen MR) is 57.0 cm³/mol. The van der Waals surface area contributed by atoms with Crippen molar-refractivity contribution < 1.29 is 22.7 Å². The van der Waals surface area contributed by atoms with E-state index in [1.54, 1.807) is 0 Å². The number of nitrogens with one attached hydrogen (secondary N) is 1. The molecular formula is C10H9ClF3NO2. The third-order valence-corrected chi connectivity index (χ3v) is 2.16. The van der Waals surface area contributed by atoms with Crippen molar-refractivity contribution in [3.8, 4) is 0 Å². The maximum Gasteiger partial charge on any atom is 0.416 e. The van der Waals surface area contributed by atoms with Gasteiger partial charge in [0, 0.05) is 7.11 Å². The van der Waals surface area contributed by atoms with Crippen LogP contribution in [0.2, 0.25) is 5.02 Å². The van der Waals surface area contributed by atoms with Crippen LogP contribution in [0.3, 0.4) is 0 Å². The van der Waals surface area contributed by atoms with E-state index in [-0.39, 0.29) is 17.3 Å². The van der Waals surface area contributed by atoms with Crippen LogP contribution in [-0.4, -0.2) is 19.6 Å². The summed E-state index contributed by atoms with van der Waals surface area (Å²) in [5.41, 5.74) is -0.756. The average Bonchev–Trinajstić information content (AvgIpc) is 2.20. The minimum Gasteiger partial charge on any atom is -0.375 e. The highest BCUT2D eigenvalue weighted by Crippen LogP contribution is 2.33. The summed E-state index contributed by atoms with van der Waals surface area (Å²) >= 11 is 5.62. The van der Waals surface area contributed by atoms with Gasteiger partial charge in [-0.15, -0.1) is 0 Å². The van der Waals surface area contributed by atoms with Gasteiger partial charge in [0.15, 0.2) is 0 Å². The number of carbonyl (C=O) groups is 1. The maximum absolute atomic E-state index is 12.3. The predicted octanol–water partition coefficient (Wildman–Crippen LogP) is 2.94. The Bertz CT molecular complexity index is 421. The molecule has 0 saturated heterocycles. The van der Waals surface area contributed by atoms with E-state index < -0.39 is 17.6 Å². The minimum atomic E-state index is -4.46. The van der Waals surface area contributed by atoms with E-state index >= 15 is 0 Å². The molecule has 3 nitrogen and oxygen atoms in total. The number of methoxy groups -OCH3 is 1. The molecule has 0 heterocycles. The molecule has 0 aliphatic rings. The molecule has 17 heavy (non-hydrogen) atoms. The molecule has 0 bridgehead atoms. The third-order valence-electron chi connectivity index (χ3n) is 1.85. The molecule has 1 rings (SSSR count). The highest BCUT2D eigenvalue weighted by Gasteiger charge is 2.30. The zero-order valence-electron chi connectivity index (χ0n) is 8.77. The zero-order chi connectivity index (χ0) is 13.1. The highest BCUT2D eigenvalue weighted by molar-refractivity contribution is 6.33. The van der Waals surface area contributed by atoms with Gasteiger partial charge in [-0.25, -0.2) is 0 Å². The fraction of sp³-hybridized carbons (Fsp3) is 0.300. The van der Waals surface area contributed by atoms with E-state index in [1.165, 1.54) is 7.11 Å². The summed E-state index contributed by atoms with van der Waals surface area (Å²) < 4.78 is 41.5. The molecule has 94 valence electrons. The number of halogens is 4. The Kier molecular flexibility index (Phi) is 4.36. The second-order valence-corrected chi connectivity index (χ2v) is 3.58. The van der Waals surface area contributed by atoms with Crippen LogP contribution in [0, 0.1) is 0 Å². The van der Waals surface area contributed by atoms with Gasteiger partial charge in [-0.05, 0) is 18.2 Å². The van der Waals surface area contributed by atoms with E-state index in [0.717, 1.165) is 18.2 Å². The number of amides is 1. The van der Waals surface area contributed by atoms with Crippen LogP contribution in [0.5, 0.6) is 0 Å². The van der Waals surface area contributed by atoms with Crippen molar-refractivity contribution in [3.63, 3.8) is 0 Å². The van der Waals surface area contributed by atoms with Crippen molar-refractivity contribution in [3.05, 3.63) is 28.8 Å². The molecule has 0 aliphatic heterocycles. The third kappa shape index (κ3) is 3.90. The van der Waals surface area contributed by atoms with Crippen LogP contribution < -0.4 is 5.32 Å². The molecule has 0 unspecified atom stereocenters. The quantitative estimate of drug-likeness (QED) is 0.914. The topological polar surface area (TPSA) is 38.3 Å². The van der Waals surface area contributed by atoms with Crippen LogP contribution in [-0.2, 0) is 15.7 Å². The average molecular weight is 268 g/mol. The van der Waals surface area contributed by atoms with Gasteiger partial charge in [0.05, 0.1) is 16.3 Å². The molecule has 0 atom stereocenters. The molecule has 1 N–H and O–H groups in total. The summed E-state index contributed by atoms with van der Waals surface area (Å²) in [7, 11) is 1.33. The molecular weight excluding hydrogens is 259 g/mol. The van der Waals surface area contributed by atoms with Crippen LogP contribution in [0.4, 0.5) is 18.9 Å². The molecule has 0 saturated carbocycles. The molecule has 0 fully saturated rings. The highest BCUT2D eigenvalue weighted by atomic mass is 35.5. The van der Waals surface area contributed by atoms with Gasteiger partial charge >= 0.3 is 6.18 Å². The monoisotopic (exact) mass is 267 g/mol. The summed E-state index contributed by atoms with van der Waals surface area (Å²) in [6.45, 7) is -0.197. The lowest BCUT2D eigenvalue weighted by molar-refractivity contribution is -0.137. The fourth-order valence-corrected chi connectivity index (χ4v) is 1.34. The first-order chi connectivity index (χ1) is 7.84. The van der Waals surface area contributed by atoms with Crippen LogP contribution in [0.1, 0.15) is 5.56 Å². The van der Waals surface area contributed by atoms with Crippen molar-refractivity contribution in [1.29, 1.82) is 0 Å². The first-order valence-electron chi connectivity index (χ1n) is 4.50. The van der Waals surface area contributed by atoms with Crippen LogP contribution in [0.25, 0.3) is 0 Å². The van der Waals surface area contributed by atoms with E-state index in [4.69, 9.17) is 11.6 Å². The van der Waals surface area contributed by atoms with Gasteiger partial charge in [0.2, 0.25) is 5.91 Å². The van der Waals surface area contributed by atoms with Crippen molar-refractivity contribution >= 4 is 23.2 Å². The second kappa shape index (κ2) is 5.37. The normalized spacial score (nSPS) is 11.4. The molecule has 0 spiro atoms. The fourth-order valence-electron chi connectivity index (χ4n) is 1.11. The van der Waals surface area contributed by atoms with Gasteiger partial charge in [0.25, 0.3) is 0 Å². The largest absolute Gasteiger partial charge is 0.416 e. The Morgan fingerprint density at radius 1 is 1.47 bits per heavy atom. The Morgan fingerprint density at radius 2 is 2.12 bits per heavy atom. The molecule has 7 heteroatoms. The number of ether oxygens (including phenoxy) is 1. The van der Waals surface area contributed by atoms with Crippen molar-refractivity contribution in [2.75, 3.05) is 19.0 Å². The molecule has 0 aliphatic carbocycles. The van der Waals surface area contributed by atoms with Gasteiger partial charge in [-0.1, -0.05) is 11.6 Å². The molecule has 0 radical (unpaired) electrons. The van der Waals surface area contributed by atoms with Crippen LogP contribution in [0.15, 0.2) is 18.2 Å². The zero-order valence-corrected chi connectivity index (χ0v) is 9.52. The number of anilines is 1. The molecule has 0 aromatic heterocycles. The maximum atomic E-state index is 12.3. The minimum absolute atomic E-state index is 0.113. The summed E-state index contributed by atoms with van der Waals surface area (Å²) in [4.78, 5) is 11.1. The summed E-state index contributed by atoms with van der Waals surface area (Å²) in [5.74, 6) is -0.492. The Labute approximate surface area is 101 Å². The smallest absolute Gasteiger partial charge is 0.375 e. The first kappa shape index (κ1) is 13.8. The molecule has 1 amide bonds. The summed E-state index contributed by atoms with van der Waals surface area (Å²) in [6.07, 6.45) is -4.46. The summed E-state index contributed by atoms with van der Waals surface area (Å²) in [6, 6.07) is 2.69. The van der Waals surface area contributed by atoms with Gasteiger partial charge in [-0.3, -0.25) is 4.79 Å². The number of alkyl halides is 3. The lowest BCUT2D eigenvalue weighted by atomic mass is 10.2. The number of hydrogen-bond donors (Lipinski definition) is 1. The van der Waals surface area contributed by atoms with Gasteiger partial charge in [0.1, 0.15) is 6.61 Å².